The van der Waals surface area contributed by atoms with Crippen LogP contribution in [0.4, 0.5) is 0 Å². The summed E-state index contributed by atoms with van der Waals surface area (Å²) < 4.78 is 0. The predicted octanol–water partition coefficient (Wildman–Crippen LogP) is 0.169. The number of hydrogen-bond acceptors (Lipinski definition) is 3. The third-order valence-corrected chi connectivity index (χ3v) is 2.29. The number of hydrogen-bond donors (Lipinski definition) is 2. The third kappa shape index (κ3) is 5.94. The Hall–Kier alpha value is -0.610. The van der Waals surface area contributed by atoms with Crippen molar-refractivity contribution in [2.75, 3.05) is 26.2 Å². The van der Waals surface area contributed by atoms with Crippen LogP contribution >= 0.6 is 0 Å². The number of amides is 1. The van der Waals surface area contributed by atoms with Crippen LogP contribution in [0.5, 0.6) is 0 Å². The van der Waals surface area contributed by atoms with Crippen molar-refractivity contribution in [2.24, 2.45) is 17.4 Å². The molecule has 14 heavy (non-hydrogen) atoms. The van der Waals surface area contributed by atoms with Gasteiger partial charge in [-0.1, -0.05) is 20.3 Å². The second-order valence-electron chi connectivity index (χ2n) is 3.75. The highest BCUT2D eigenvalue weighted by Crippen LogP contribution is 2.01. The Morgan fingerprint density at radius 3 is 2.50 bits per heavy atom. The van der Waals surface area contributed by atoms with Gasteiger partial charge in [0.1, 0.15) is 0 Å². The second-order valence-corrected chi connectivity index (χ2v) is 3.75. The molecule has 0 aliphatic rings. The molecular formula is C10H23N3O. The lowest BCUT2D eigenvalue weighted by Crippen LogP contribution is -2.38. The molecule has 1 atom stereocenters. The number of carbonyl (C=O) groups excluding carboxylic acids is 1. The molecule has 0 aliphatic heterocycles. The minimum atomic E-state index is -0.233. The molecule has 4 N–H and O–H groups in total. The van der Waals surface area contributed by atoms with Crippen molar-refractivity contribution in [2.45, 2.75) is 26.7 Å². The molecule has 0 aromatic heterocycles. The van der Waals surface area contributed by atoms with Crippen molar-refractivity contribution in [1.82, 2.24) is 4.90 Å². The van der Waals surface area contributed by atoms with Gasteiger partial charge in [-0.05, 0) is 13.0 Å². The van der Waals surface area contributed by atoms with Crippen LogP contribution in [0, 0.1) is 5.92 Å². The van der Waals surface area contributed by atoms with Crippen LogP contribution in [0.3, 0.4) is 0 Å². The molecule has 84 valence electrons. The minimum absolute atomic E-state index is 0.0848. The maximum atomic E-state index is 10.9. The molecule has 1 unspecified atom stereocenters. The van der Waals surface area contributed by atoms with E-state index in [1.165, 1.54) is 0 Å². The van der Waals surface area contributed by atoms with Crippen molar-refractivity contribution in [3.05, 3.63) is 0 Å². The summed E-state index contributed by atoms with van der Waals surface area (Å²) in [6.45, 7) is 7.22. The second kappa shape index (κ2) is 7.76. The van der Waals surface area contributed by atoms with E-state index < -0.39 is 0 Å². The normalized spacial score (nSPS) is 13.1. The Kier molecular flexibility index (Phi) is 7.42. The lowest BCUT2D eigenvalue weighted by atomic mass is 10.1. The molecule has 0 rings (SSSR count). The van der Waals surface area contributed by atoms with E-state index in [-0.39, 0.29) is 11.8 Å². The van der Waals surface area contributed by atoms with Crippen LogP contribution in [0.15, 0.2) is 0 Å². The van der Waals surface area contributed by atoms with Crippen molar-refractivity contribution >= 4 is 5.91 Å². The number of rotatable bonds is 8. The van der Waals surface area contributed by atoms with Crippen LogP contribution in [0.25, 0.3) is 0 Å². The predicted molar refractivity (Wildman–Crippen MR) is 58.8 cm³/mol. The first-order chi connectivity index (χ1) is 6.61. The minimum Gasteiger partial charge on any atom is -0.369 e. The largest absolute Gasteiger partial charge is 0.369 e. The number of primary amides is 1. The molecule has 0 saturated heterocycles. The average molecular weight is 201 g/mol. The molecule has 0 fully saturated rings. The molecule has 0 aliphatic carbocycles. The van der Waals surface area contributed by atoms with Gasteiger partial charge < -0.3 is 16.4 Å². The summed E-state index contributed by atoms with van der Waals surface area (Å²) in [5, 5.41) is 0. The maximum Gasteiger partial charge on any atom is 0.221 e. The Balaban J connectivity index is 3.87. The van der Waals surface area contributed by atoms with Gasteiger partial charge in [0.15, 0.2) is 0 Å². The monoisotopic (exact) mass is 201 g/mol. The van der Waals surface area contributed by atoms with Gasteiger partial charge in [0.2, 0.25) is 5.91 Å². The Morgan fingerprint density at radius 2 is 2.07 bits per heavy atom. The third-order valence-electron chi connectivity index (χ3n) is 2.29. The van der Waals surface area contributed by atoms with Crippen LogP contribution in [-0.4, -0.2) is 37.0 Å². The Morgan fingerprint density at radius 1 is 1.43 bits per heavy atom. The summed E-state index contributed by atoms with van der Waals surface area (Å²) in [6, 6.07) is 0. The molecule has 0 spiro atoms. The summed E-state index contributed by atoms with van der Waals surface area (Å²) in [5.41, 5.74) is 10.7. The summed E-state index contributed by atoms with van der Waals surface area (Å²) in [4.78, 5) is 13.1. The van der Waals surface area contributed by atoms with Gasteiger partial charge in [-0.25, -0.2) is 0 Å². The van der Waals surface area contributed by atoms with Gasteiger partial charge in [0.05, 0.1) is 0 Å². The van der Waals surface area contributed by atoms with E-state index in [2.05, 4.69) is 11.8 Å². The van der Waals surface area contributed by atoms with Gasteiger partial charge in [0.25, 0.3) is 0 Å². The first-order valence-corrected chi connectivity index (χ1v) is 5.33. The van der Waals surface area contributed by atoms with Gasteiger partial charge in [-0.15, -0.1) is 0 Å². The summed E-state index contributed by atoms with van der Waals surface area (Å²) in [5.74, 6) is -0.318. The van der Waals surface area contributed by atoms with Crippen molar-refractivity contribution in [3.8, 4) is 0 Å². The van der Waals surface area contributed by atoms with Gasteiger partial charge in [0, 0.05) is 25.6 Å². The Bertz CT molecular complexity index is 161. The van der Waals surface area contributed by atoms with E-state index in [4.69, 9.17) is 11.5 Å². The quantitative estimate of drug-likeness (QED) is 0.588. The molecule has 0 aromatic carbocycles. The van der Waals surface area contributed by atoms with Gasteiger partial charge >= 0.3 is 0 Å². The fraction of sp³-hybridized carbons (Fsp3) is 0.900. The van der Waals surface area contributed by atoms with E-state index in [0.717, 1.165) is 32.5 Å². The van der Waals surface area contributed by atoms with Crippen LogP contribution in [0.1, 0.15) is 26.7 Å². The van der Waals surface area contributed by atoms with E-state index >= 15 is 0 Å². The summed E-state index contributed by atoms with van der Waals surface area (Å²) in [6.07, 6.45) is 2.30. The lowest BCUT2D eigenvalue weighted by molar-refractivity contribution is -0.121. The molecule has 4 heteroatoms. The van der Waals surface area contributed by atoms with Gasteiger partial charge in [-0.3, -0.25) is 4.79 Å². The number of nitrogens with zero attached hydrogens (tertiary/aromatic N) is 1. The number of nitrogens with two attached hydrogens (primary N) is 2. The van der Waals surface area contributed by atoms with E-state index in [1.54, 1.807) is 0 Å². The van der Waals surface area contributed by atoms with Crippen molar-refractivity contribution < 1.29 is 4.79 Å². The van der Waals surface area contributed by atoms with Crippen LogP contribution in [0.2, 0.25) is 0 Å². The first-order valence-electron chi connectivity index (χ1n) is 5.33. The summed E-state index contributed by atoms with van der Waals surface area (Å²) in [7, 11) is 0. The smallest absolute Gasteiger partial charge is 0.221 e. The van der Waals surface area contributed by atoms with Crippen molar-refractivity contribution in [1.29, 1.82) is 0 Å². The van der Waals surface area contributed by atoms with Gasteiger partial charge in [-0.2, -0.15) is 0 Å². The zero-order valence-electron chi connectivity index (χ0n) is 9.33. The standard InChI is InChI=1S/C10H23N3O/c1-3-4-6-13(7-5-11)8-9(2)10(12)14/h9H,3-8,11H2,1-2H3,(H2,12,14). The zero-order chi connectivity index (χ0) is 11.0. The number of carbonyl (C=O) groups is 1. The van der Waals surface area contributed by atoms with E-state index in [0.29, 0.717) is 6.54 Å². The topological polar surface area (TPSA) is 72.3 Å². The molecule has 0 aromatic rings. The zero-order valence-corrected chi connectivity index (χ0v) is 9.33. The highest BCUT2D eigenvalue weighted by molar-refractivity contribution is 5.76. The molecule has 4 nitrogen and oxygen atoms in total. The fourth-order valence-corrected chi connectivity index (χ4v) is 1.34. The van der Waals surface area contributed by atoms with Crippen LogP contribution < -0.4 is 11.5 Å². The molecule has 1 amide bonds. The average Bonchev–Trinajstić information content (AvgIpc) is 2.14. The van der Waals surface area contributed by atoms with Crippen molar-refractivity contribution in [3.63, 3.8) is 0 Å². The fourth-order valence-electron chi connectivity index (χ4n) is 1.34. The Labute approximate surface area is 86.6 Å². The SMILES string of the molecule is CCCCN(CCN)CC(C)C(N)=O. The molecule has 0 bridgehead atoms. The molecule has 0 heterocycles. The first kappa shape index (κ1) is 13.4. The molecule has 0 radical (unpaired) electrons. The highest BCUT2D eigenvalue weighted by Gasteiger charge is 2.13. The molecular weight excluding hydrogens is 178 g/mol. The van der Waals surface area contributed by atoms with E-state index in [1.807, 2.05) is 6.92 Å². The van der Waals surface area contributed by atoms with E-state index in [9.17, 15) is 4.79 Å². The van der Waals surface area contributed by atoms with Crippen LogP contribution in [-0.2, 0) is 4.79 Å². The highest BCUT2D eigenvalue weighted by atomic mass is 16.1. The maximum absolute atomic E-state index is 10.9. The number of unbranched alkanes of at least 4 members (excludes halogenated alkanes) is 1. The summed E-state index contributed by atoms with van der Waals surface area (Å²) >= 11 is 0. The lowest BCUT2D eigenvalue weighted by Gasteiger charge is -2.23. The molecule has 0 saturated carbocycles.